The first-order valence-electron chi connectivity index (χ1n) is 4.82. The van der Waals surface area contributed by atoms with Gasteiger partial charge in [-0.15, -0.1) is 0 Å². The van der Waals surface area contributed by atoms with E-state index in [9.17, 15) is 4.79 Å². The molecular formula is C13H12O. The van der Waals surface area contributed by atoms with Crippen LogP contribution in [0.3, 0.4) is 0 Å². The van der Waals surface area contributed by atoms with Gasteiger partial charge in [0.15, 0.2) is 6.29 Å². The Balaban J connectivity index is 2.83. The number of fused-ring (bicyclic) bond motifs is 1. The molecule has 0 aliphatic heterocycles. The number of hydrogen-bond donors (Lipinski definition) is 0. The maximum atomic E-state index is 11.0. The highest BCUT2D eigenvalue weighted by molar-refractivity contribution is 5.99. The summed E-state index contributed by atoms with van der Waals surface area (Å²) in [7, 11) is 0. The highest BCUT2D eigenvalue weighted by Gasteiger charge is 2.03. The number of carbonyl (C=O) groups is 1. The fourth-order valence-corrected chi connectivity index (χ4v) is 1.79. The molecule has 0 aromatic heterocycles. The molecule has 0 spiro atoms. The van der Waals surface area contributed by atoms with Crippen LogP contribution in [0.1, 0.15) is 22.8 Å². The van der Waals surface area contributed by atoms with Gasteiger partial charge in [0.05, 0.1) is 0 Å². The van der Waals surface area contributed by atoms with E-state index in [0.717, 1.165) is 34.6 Å². The van der Waals surface area contributed by atoms with Crippen LogP contribution in [0.15, 0.2) is 36.4 Å². The maximum Gasteiger partial charge on any atom is 0.150 e. The van der Waals surface area contributed by atoms with Crippen molar-refractivity contribution in [1.82, 2.24) is 0 Å². The predicted molar refractivity (Wildman–Crippen MR) is 58.7 cm³/mol. The summed E-state index contributed by atoms with van der Waals surface area (Å²) in [6.45, 7) is 2.07. The van der Waals surface area contributed by atoms with Gasteiger partial charge < -0.3 is 0 Å². The molecule has 70 valence electrons. The number of hydrogen-bond acceptors (Lipinski definition) is 1. The predicted octanol–water partition coefficient (Wildman–Crippen LogP) is 3.21. The van der Waals surface area contributed by atoms with Crippen molar-refractivity contribution in [1.29, 1.82) is 0 Å². The molecule has 2 rings (SSSR count). The van der Waals surface area contributed by atoms with Crippen LogP contribution < -0.4 is 0 Å². The van der Waals surface area contributed by atoms with Gasteiger partial charge in [0.1, 0.15) is 0 Å². The van der Waals surface area contributed by atoms with Crippen LogP contribution in [0.2, 0.25) is 0 Å². The van der Waals surface area contributed by atoms with Crippen molar-refractivity contribution in [2.24, 2.45) is 0 Å². The summed E-state index contributed by atoms with van der Waals surface area (Å²) >= 11 is 0. The fraction of sp³-hybridized carbons (Fsp3) is 0.154. The fourth-order valence-electron chi connectivity index (χ4n) is 1.79. The molecule has 1 heteroatoms. The molecule has 0 amide bonds. The molecule has 0 heterocycles. The van der Waals surface area contributed by atoms with E-state index in [4.69, 9.17) is 0 Å². The molecule has 0 saturated carbocycles. The van der Waals surface area contributed by atoms with Crippen molar-refractivity contribution >= 4 is 17.1 Å². The Morgan fingerprint density at radius 3 is 2.64 bits per heavy atom. The van der Waals surface area contributed by atoms with Crippen molar-refractivity contribution in [2.75, 3.05) is 0 Å². The third-order valence-electron chi connectivity index (χ3n) is 2.56. The quantitative estimate of drug-likeness (QED) is 0.655. The Labute approximate surface area is 83.4 Å². The van der Waals surface area contributed by atoms with Gasteiger partial charge in [-0.2, -0.15) is 0 Å². The second-order valence-electron chi connectivity index (χ2n) is 3.33. The van der Waals surface area contributed by atoms with Crippen LogP contribution in [-0.4, -0.2) is 6.29 Å². The van der Waals surface area contributed by atoms with Gasteiger partial charge >= 0.3 is 0 Å². The van der Waals surface area contributed by atoms with E-state index in [1.165, 1.54) is 0 Å². The summed E-state index contributed by atoms with van der Waals surface area (Å²) < 4.78 is 0. The Morgan fingerprint density at radius 1 is 1.14 bits per heavy atom. The first kappa shape index (κ1) is 8.95. The molecule has 0 atom stereocenters. The van der Waals surface area contributed by atoms with Gasteiger partial charge in [0.2, 0.25) is 0 Å². The van der Waals surface area contributed by atoms with E-state index in [2.05, 4.69) is 13.0 Å². The summed E-state index contributed by atoms with van der Waals surface area (Å²) in [5.74, 6) is 0. The summed E-state index contributed by atoms with van der Waals surface area (Å²) in [6.07, 6.45) is 1.86. The third kappa shape index (κ3) is 1.31. The van der Waals surface area contributed by atoms with E-state index < -0.39 is 0 Å². The lowest BCUT2D eigenvalue weighted by Gasteiger charge is -2.05. The zero-order chi connectivity index (χ0) is 9.97. The second-order valence-corrected chi connectivity index (χ2v) is 3.33. The SMILES string of the molecule is CCc1ccc2ccccc2c1C=O. The molecule has 0 fully saturated rings. The van der Waals surface area contributed by atoms with Gasteiger partial charge in [0, 0.05) is 5.56 Å². The number of aldehydes is 1. The number of rotatable bonds is 2. The molecule has 0 saturated heterocycles. The summed E-state index contributed by atoms with van der Waals surface area (Å²) in [5, 5.41) is 2.19. The number of carbonyl (C=O) groups excluding carboxylic acids is 1. The lowest BCUT2D eigenvalue weighted by Crippen LogP contribution is -1.91. The average Bonchev–Trinajstić information content (AvgIpc) is 2.27. The molecule has 1 nitrogen and oxygen atoms in total. The van der Waals surface area contributed by atoms with Gasteiger partial charge in [0.25, 0.3) is 0 Å². The summed E-state index contributed by atoms with van der Waals surface area (Å²) in [6, 6.07) is 12.1. The van der Waals surface area contributed by atoms with E-state index in [1.54, 1.807) is 0 Å². The third-order valence-corrected chi connectivity index (χ3v) is 2.56. The Kier molecular flexibility index (Phi) is 2.32. The van der Waals surface area contributed by atoms with Crippen LogP contribution >= 0.6 is 0 Å². The minimum Gasteiger partial charge on any atom is -0.298 e. The lowest BCUT2D eigenvalue weighted by atomic mass is 9.98. The Bertz CT molecular complexity index is 472. The van der Waals surface area contributed by atoms with Crippen LogP contribution in [0.4, 0.5) is 0 Å². The molecule has 2 aromatic carbocycles. The monoisotopic (exact) mass is 184 g/mol. The standard InChI is InChI=1S/C13H12O/c1-2-10-7-8-11-5-3-4-6-12(11)13(10)9-14/h3-9H,2H2,1H3. The Hall–Kier alpha value is -1.63. The first-order chi connectivity index (χ1) is 6.86. The van der Waals surface area contributed by atoms with Crippen molar-refractivity contribution in [3.05, 3.63) is 47.5 Å². The van der Waals surface area contributed by atoms with Crippen molar-refractivity contribution in [3.63, 3.8) is 0 Å². The van der Waals surface area contributed by atoms with Crippen LogP contribution in [0.5, 0.6) is 0 Å². The minimum atomic E-state index is 0.839. The summed E-state index contributed by atoms with van der Waals surface area (Å²) in [4.78, 5) is 11.0. The average molecular weight is 184 g/mol. The topological polar surface area (TPSA) is 17.1 Å². The van der Waals surface area contributed by atoms with Crippen LogP contribution in [-0.2, 0) is 6.42 Å². The van der Waals surface area contributed by atoms with Crippen LogP contribution in [0, 0.1) is 0 Å². The highest BCUT2D eigenvalue weighted by atomic mass is 16.1. The number of aryl methyl sites for hydroxylation is 1. The molecule has 2 aromatic rings. The normalized spacial score (nSPS) is 10.4. The molecule has 0 unspecified atom stereocenters. The van der Waals surface area contributed by atoms with Crippen molar-refractivity contribution in [3.8, 4) is 0 Å². The zero-order valence-corrected chi connectivity index (χ0v) is 8.16. The molecule has 0 N–H and O–H groups in total. The van der Waals surface area contributed by atoms with E-state index >= 15 is 0 Å². The van der Waals surface area contributed by atoms with Gasteiger partial charge in [-0.3, -0.25) is 4.79 Å². The van der Waals surface area contributed by atoms with E-state index in [1.807, 2.05) is 30.3 Å². The maximum absolute atomic E-state index is 11.0. The number of benzene rings is 2. The van der Waals surface area contributed by atoms with Crippen molar-refractivity contribution < 1.29 is 4.79 Å². The molecule has 0 aliphatic carbocycles. The minimum absolute atomic E-state index is 0.839. The lowest BCUT2D eigenvalue weighted by molar-refractivity contribution is 0.112. The zero-order valence-electron chi connectivity index (χ0n) is 8.16. The first-order valence-corrected chi connectivity index (χ1v) is 4.82. The van der Waals surface area contributed by atoms with E-state index in [-0.39, 0.29) is 0 Å². The molecule has 0 radical (unpaired) electrons. The molecular weight excluding hydrogens is 172 g/mol. The van der Waals surface area contributed by atoms with Gasteiger partial charge in [-0.25, -0.2) is 0 Å². The Morgan fingerprint density at radius 2 is 1.93 bits per heavy atom. The van der Waals surface area contributed by atoms with Crippen LogP contribution in [0.25, 0.3) is 10.8 Å². The van der Waals surface area contributed by atoms with Gasteiger partial charge in [-0.05, 0) is 22.8 Å². The summed E-state index contributed by atoms with van der Waals surface area (Å²) in [5.41, 5.74) is 1.96. The highest BCUT2D eigenvalue weighted by Crippen LogP contribution is 2.21. The molecule has 0 aliphatic rings. The smallest absolute Gasteiger partial charge is 0.150 e. The molecule has 14 heavy (non-hydrogen) atoms. The largest absolute Gasteiger partial charge is 0.298 e. The van der Waals surface area contributed by atoms with E-state index in [0.29, 0.717) is 0 Å². The van der Waals surface area contributed by atoms with Gasteiger partial charge in [-0.1, -0.05) is 43.3 Å². The molecule has 0 bridgehead atoms. The van der Waals surface area contributed by atoms with Crippen molar-refractivity contribution in [2.45, 2.75) is 13.3 Å². The second kappa shape index (κ2) is 3.62.